The van der Waals surface area contributed by atoms with Crippen LogP contribution in [-0.2, 0) is 17.4 Å². The number of amides is 1. The first-order valence-corrected chi connectivity index (χ1v) is 8.01. The topological polar surface area (TPSA) is 53.7 Å². The molecule has 3 rings (SSSR count). The molecule has 0 aliphatic carbocycles. The lowest BCUT2D eigenvalue weighted by molar-refractivity contribution is -0.140. The predicted octanol–water partition coefficient (Wildman–Crippen LogP) is 3.57. The van der Waals surface area contributed by atoms with Gasteiger partial charge in [0, 0.05) is 13.0 Å². The highest BCUT2D eigenvalue weighted by molar-refractivity contribution is 5.77. The first-order valence-electron chi connectivity index (χ1n) is 8.01. The van der Waals surface area contributed by atoms with Gasteiger partial charge in [-0.1, -0.05) is 18.2 Å². The number of hydrogen-bond acceptors (Lipinski definition) is 3. The third kappa shape index (κ3) is 3.87. The number of aliphatic hydroxyl groups excluding tert-OH is 1. The van der Waals surface area contributed by atoms with Gasteiger partial charge >= 0.3 is 6.18 Å². The van der Waals surface area contributed by atoms with Gasteiger partial charge in [-0.3, -0.25) is 4.79 Å². The Morgan fingerprint density at radius 3 is 2.72 bits per heavy atom. The van der Waals surface area contributed by atoms with Crippen LogP contribution >= 0.6 is 0 Å². The first-order chi connectivity index (χ1) is 11.9. The zero-order chi connectivity index (χ0) is 18.0. The summed E-state index contributed by atoms with van der Waals surface area (Å²) in [6.07, 6.45) is -1.61. The number of alkyl halides is 3. The molecule has 0 spiro atoms. The van der Waals surface area contributed by atoms with Crippen molar-refractivity contribution in [3.8, 4) is 0 Å². The zero-order valence-corrected chi connectivity index (χ0v) is 13.4. The van der Waals surface area contributed by atoms with Crippen molar-refractivity contribution in [2.75, 3.05) is 6.54 Å². The van der Waals surface area contributed by atoms with Gasteiger partial charge in [-0.25, -0.2) is 0 Å². The number of furan rings is 1. The smallest absolute Gasteiger partial charge is 0.416 e. The molecular formula is C18H18F3NO3. The number of aliphatic hydroxyl groups is 1. The quantitative estimate of drug-likeness (QED) is 0.914. The molecule has 0 unspecified atom stereocenters. The molecule has 1 saturated heterocycles. The fourth-order valence-electron chi connectivity index (χ4n) is 3.26. The Hall–Kier alpha value is -2.28. The van der Waals surface area contributed by atoms with E-state index in [1.54, 1.807) is 6.07 Å². The Kier molecular flexibility index (Phi) is 4.85. The van der Waals surface area contributed by atoms with Crippen LogP contribution in [0.4, 0.5) is 13.2 Å². The first kappa shape index (κ1) is 17.5. The van der Waals surface area contributed by atoms with Crippen LogP contribution in [0.15, 0.2) is 47.3 Å². The van der Waals surface area contributed by atoms with Crippen LogP contribution < -0.4 is 0 Å². The number of hydrogen-bond donors (Lipinski definition) is 1. The average molecular weight is 353 g/mol. The van der Waals surface area contributed by atoms with Crippen molar-refractivity contribution in [3.63, 3.8) is 0 Å². The molecule has 7 heteroatoms. The van der Waals surface area contributed by atoms with Crippen molar-refractivity contribution in [2.24, 2.45) is 0 Å². The number of carbonyl (C=O) groups excluding carboxylic acids is 1. The minimum absolute atomic E-state index is 0.0308. The van der Waals surface area contributed by atoms with Gasteiger partial charge in [-0.15, -0.1) is 0 Å². The van der Waals surface area contributed by atoms with Crippen molar-refractivity contribution >= 4 is 5.91 Å². The fourth-order valence-corrected chi connectivity index (χ4v) is 3.26. The predicted molar refractivity (Wildman–Crippen MR) is 83.6 cm³/mol. The monoisotopic (exact) mass is 353 g/mol. The molecule has 0 bridgehead atoms. The zero-order valence-electron chi connectivity index (χ0n) is 13.4. The van der Waals surface area contributed by atoms with Crippen LogP contribution in [0, 0.1) is 0 Å². The Morgan fingerprint density at radius 2 is 2.04 bits per heavy atom. The van der Waals surface area contributed by atoms with Crippen molar-refractivity contribution in [2.45, 2.75) is 37.6 Å². The van der Waals surface area contributed by atoms with Crippen LogP contribution in [0.25, 0.3) is 0 Å². The van der Waals surface area contributed by atoms with E-state index in [0.29, 0.717) is 6.42 Å². The second kappa shape index (κ2) is 6.92. The SMILES string of the molecule is O=C(CCc1ccoc1)N1C[C@@H](O)C[C@@H]1c1ccccc1C(F)(F)F. The van der Waals surface area contributed by atoms with Gasteiger partial charge in [0.25, 0.3) is 0 Å². The molecule has 0 saturated carbocycles. The normalized spacial score (nSPS) is 20.9. The number of halogens is 3. The minimum Gasteiger partial charge on any atom is -0.472 e. The van der Waals surface area contributed by atoms with Crippen LogP contribution in [-0.4, -0.2) is 28.6 Å². The summed E-state index contributed by atoms with van der Waals surface area (Å²) in [4.78, 5) is 13.9. The lowest BCUT2D eigenvalue weighted by Crippen LogP contribution is -2.32. The molecule has 2 atom stereocenters. The number of carbonyl (C=O) groups is 1. The summed E-state index contributed by atoms with van der Waals surface area (Å²) in [6.45, 7) is 0.0427. The maximum absolute atomic E-state index is 13.3. The highest BCUT2D eigenvalue weighted by atomic mass is 19.4. The van der Waals surface area contributed by atoms with Gasteiger partial charge < -0.3 is 14.4 Å². The molecule has 1 N–H and O–H groups in total. The second-order valence-corrected chi connectivity index (χ2v) is 6.17. The molecule has 4 nitrogen and oxygen atoms in total. The van der Waals surface area contributed by atoms with Crippen LogP contribution in [0.3, 0.4) is 0 Å². The Bertz CT molecular complexity index is 727. The summed E-state index contributed by atoms with van der Waals surface area (Å²) in [5.41, 5.74) is 0.116. The van der Waals surface area contributed by atoms with Gasteiger partial charge in [0.05, 0.1) is 30.2 Å². The summed E-state index contributed by atoms with van der Waals surface area (Å²) in [5.74, 6) is -0.278. The minimum atomic E-state index is -4.50. The molecule has 2 aromatic rings. The number of nitrogens with zero attached hydrogens (tertiary/aromatic N) is 1. The molecular weight excluding hydrogens is 335 g/mol. The van der Waals surface area contributed by atoms with Gasteiger partial charge in [0.15, 0.2) is 0 Å². The Labute approximate surface area is 142 Å². The van der Waals surface area contributed by atoms with E-state index >= 15 is 0 Å². The molecule has 1 aromatic carbocycles. The summed E-state index contributed by atoms with van der Waals surface area (Å²) in [5, 5.41) is 9.94. The summed E-state index contributed by atoms with van der Waals surface area (Å²) in [7, 11) is 0. The van der Waals surface area contributed by atoms with E-state index < -0.39 is 23.9 Å². The number of aryl methyl sites for hydroxylation is 1. The molecule has 1 fully saturated rings. The fraction of sp³-hybridized carbons (Fsp3) is 0.389. The summed E-state index contributed by atoms with van der Waals surface area (Å²) < 4.78 is 44.8. The van der Waals surface area contributed by atoms with Gasteiger partial charge in [-0.2, -0.15) is 13.2 Å². The number of β-amino-alcohol motifs (C(OH)–C–C–N with tert-alkyl or cyclic N) is 1. The van der Waals surface area contributed by atoms with Crippen molar-refractivity contribution < 1.29 is 27.5 Å². The van der Waals surface area contributed by atoms with Gasteiger partial charge in [-0.05, 0) is 36.1 Å². The molecule has 2 heterocycles. The van der Waals surface area contributed by atoms with Crippen molar-refractivity contribution in [1.29, 1.82) is 0 Å². The second-order valence-electron chi connectivity index (χ2n) is 6.17. The third-order valence-electron chi connectivity index (χ3n) is 4.43. The molecule has 25 heavy (non-hydrogen) atoms. The Morgan fingerprint density at radius 1 is 1.28 bits per heavy atom. The van der Waals surface area contributed by atoms with Crippen molar-refractivity contribution in [3.05, 3.63) is 59.5 Å². The maximum Gasteiger partial charge on any atom is 0.416 e. The molecule has 0 radical (unpaired) electrons. The van der Waals surface area contributed by atoms with Crippen LogP contribution in [0.5, 0.6) is 0 Å². The largest absolute Gasteiger partial charge is 0.472 e. The number of benzene rings is 1. The standard InChI is InChI=1S/C18H18F3NO3/c19-18(20,21)15-4-2-1-3-14(15)16-9-13(23)10-22(16)17(24)6-5-12-7-8-25-11-12/h1-4,7-8,11,13,16,23H,5-6,9-10H2/t13-,16+/m0/s1. The van der Waals surface area contributed by atoms with Gasteiger partial charge in [0.1, 0.15) is 0 Å². The van der Waals surface area contributed by atoms with E-state index in [2.05, 4.69) is 0 Å². The summed E-state index contributed by atoms with van der Waals surface area (Å²) >= 11 is 0. The molecule has 1 aromatic heterocycles. The van der Waals surface area contributed by atoms with E-state index in [-0.39, 0.29) is 30.9 Å². The van der Waals surface area contributed by atoms with Crippen LogP contribution in [0.2, 0.25) is 0 Å². The van der Waals surface area contributed by atoms with E-state index in [1.165, 1.54) is 35.6 Å². The molecule has 1 aliphatic rings. The third-order valence-corrected chi connectivity index (χ3v) is 4.43. The molecule has 1 amide bonds. The number of likely N-dealkylation sites (tertiary alicyclic amines) is 1. The van der Waals surface area contributed by atoms with E-state index in [1.807, 2.05) is 0 Å². The lowest BCUT2D eigenvalue weighted by Gasteiger charge is -2.27. The number of rotatable bonds is 4. The van der Waals surface area contributed by atoms with Crippen LogP contribution in [0.1, 0.15) is 35.6 Å². The highest BCUT2D eigenvalue weighted by Gasteiger charge is 2.41. The molecule has 1 aliphatic heterocycles. The maximum atomic E-state index is 13.3. The highest BCUT2D eigenvalue weighted by Crippen LogP contribution is 2.40. The summed E-state index contributed by atoms with van der Waals surface area (Å²) in [6, 6.07) is 6.19. The van der Waals surface area contributed by atoms with Crippen molar-refractivity contribution in [1.82, 2.24) is 4.90 Å². The van der Waals surface area contributed by atoms with Gasteiger partial charge in [0.2, 0.25) is 5.91 Å². The van der Waals surface area contributed by atoms with E-state index in [9.17, 15) is 23.1 Å². The average Bonchev–Trinajstić information content (AvgIpc) is 3.21. The molecule has 134 valence electrons. The van der Waals surface area contributed by atoms with E-state index in [0.717, 1.165) is 11.6 Å². The van der Waals surface area contributed by atoms with E-state index in [4.69, 9.17) is 4.42 Å². The Balaban J connectivity index is 1.81. The lowest BCUT2D eigenvalue weighted by atomic mass is 9.97.